The van der Waals surface area contributed by atoms with Gasteiger partial charge in [0.05, 0.1) is 37.4 Å². The predicted molar refractivity (Wildman–Crippen MR) is 184 cm³/mol. The van der Waals surface area contributed by atoms with Crippen molar-refractivity contribution in [3.63, 3.8) is 0 Å². The Kier molecular flexibility index (Phi) is 14.3. The molecule has 12 heteroatoms. The Bertz CT molecular complexity index is 1240. The second-order valence-electron chi connectivity index (χ2n) is 14.1. The van der Waals surface area contributed by atoms with Crippen LogP contribution < -0.4 is 10.6 Å². The number of hydrogen-bond acceptors (Lipinski definition) is 9. The SMILES string of the molecule is CCCNC(=O)C[C@@H]1C[C@@]2(CO2)[C@H](OC(C)=O)[C@@H](C=CC(C)=CC[C@@H]2O[C@H](C)[C@H](NC(=O)C=CC(C)OC(=O)N3CCCCC3)C[C@@H]2C)O1. The van der Waals surface area contributed by atoms with Gasteiger partial charge in [-0.2, -0.15) is 0 Å². The molecule has 2 N–H and O–H groups in total. The van der Waals surface area contributed by atoms with Crippen molar-refractivity contribution < 1.29 is 42.9 Å². The number of carbonyl (C=O) groups excluding carboxylic acids is 4. The molecule has 4 aliphatic heterocycles. The third-order valence-corrected chi connectivity index (χ3v) is 9.72. The lowest BCUT2D eigenvalue weighted by molar-refractivity contribution is -0.179. The van der Waals surface area contributed by atoms with Crippen LogP contribution in [0.4, 0.5) is 4.79 Å². The van der Waals surface area contributed by atoms with Gasteiger partial charge in [0.2, 0.25) is 11.8 Å². The lowest BCUT2D eigenvalue weighted by Crippen LogP contribution is -2.52. The van der Waals surface area contributed by atoms with Gasteiger partial charge in [-0.05, 0) is 71.3 Å². The minimum absolute atomic E-state index is 0.0230. The summed E-state index contributed by atoms with van der Waals surface area (Å²) in [6.45, 7) is 13.7. The molecule has 0 bridgehead atoms. The third-order valence-electron chi connectivity index (χ3n) is 9.72. The molecule has 4 aliphatic rings. The summed E-state index contributed by atoms with van der Waals surface area (Å²) in [6, 6.07) is -0.143. The summed E-state index contributed by atoms with van der Waals surface area (Å²) >= 11 is 0. The summed E-state index contributed by atoms with van der Waals surface area (Å²) < 4.78 is 29.6. The van der Waals surface area contributed by atoms with Crippen LogP contribution in [0.2, 0.25) is 0 Å². The van der Waals surface area contributed by atoms with E-state index in [1.54, 1.807) is 17.9 Å². The number of allylic oxidation sites excluding steroid dienone is 2. The number of ether oxygens (including phenoxy) is 5. The molecule has 4 heterocycles. The first-order chi connectivity index (χ1) is 23.4. The normalized spacial score (nSPS) is 32.6. The summed E-state index contributed by atoms with van der Waals surface area (Å²) in [5.74, 6) is -0.516. The van der Waals surface area contributed by atoms with Gasteiger partial charge in [-0.3, -0.25) is 14.4 Å². The van der Waals surface area contributed by atoms with Crippen LogP contribution in [0.25, 0.3) is 0 Å². The molecule has 274 valence electrons. The fraction of sp³-hybridized carbons (Fsp3) is 0.730. The highest BCUT2D eigenvalue weighted by Crippen LogP contribution is 2.45. The van der Waals surface area contributed by atoms with Gasteiger partial charge in [0.1, 0.15) is 17.8 Å². The van der Waals surface area contributed by atoms with E-state index in [4.69, 9.17) is 23.7 Å². The van der Waals surface area contributed by atoms with Crippen LogP contribution in [0.3, 0.4) is 0 Å². The van der Waals surface area contributed by atoms with Gasteiger partial charge >= 0.3 is 12.1 Å². The number of esters is 1. The highest BCUT2D eigenvalue weighted by molar-refractivity contribution is 5.87. The summed E-state index contributed by atoms with van der Waals surface area (Å²) in [5.41, 5.74) is 0.367. The Morgan fingerprint density at radius 1 is 1.06 bits per heavy atom. The van der Waals surface area contributed by atoms with Crippen molar-refractivity contribution in [2.24, 2.45) is 5.92 Å². The van der Waals surface area contributed by atoms with E-state index in [0.717, 1.165) is 37.7 Å². The molecule has 4 saturated heterocycles. The summed E-state index contributed by atoms with van der Waals surface area (Å²) in [4.78, 5) is 51.1. The van der Waals surface area contributed by atoms with E-state index >= 15 is 0 Å². The largest absolute Gasteiger partial charge is 0.456 e. The van der Waals surface area contributed by atoms with Crippen LogP contribution in [-0.4, -0.2) is 103 Å². The van der Waals surface area contributed by atoms with Crippen molar-refractivity contribution in [3.05, 3.63) is 36.0 Å². The molecule has 4 fully saturated rings. The second-order valence-corrected chi connectivity index (χ2v) is 14.1. The van der Waals surface area contributed by atoms with Crippen molar-refractivity contribution in [1.29, 1.82) is 0 Å². The van der Waals surface area contributed by atoms with E-state index in [-0.39, 0.29) is 54.6 Å². The zero-order valence-corrected chi connectivity index (χ0v) is 30.1. The molecule has 12 nitrogen and oxygen atoms in total. The van der Waals surface area contributed by atoms with Gasteiger partial charge in [-0.15, -0.1) is 0 Å². The molecule has 0 radical (unpaired) electrons. The molecule has 0 aliphatic carbocycles. The zero-order valence-electron chi connectivity index (χ0n) is 30.1. The van der Waals surface area contributed by atoms with Gasteiger partial charge in [-0.25, -0.2) is 4.79 Å². The number of likely N-dealkylation sites (tertiary alicyclic amines) is 1. The maximum Gasteiger partial charge on any atom is 0.410 e. The Labute approximate surface area is 291 Å². The molecule has 0 aromatic carbocycles. The molecule has 1 spiro atoms. The number of hydrogen-bond donors (Lipinski definition) is 2. The van der Waals surface area contributed by atoms with E-state index in [1.807, 2.05) is 32.9 Å². The number of piperidine rings is 1. The molecular weight excluding hydrogens is 630 g/mol. The predicted octanol–water partition coefficient (Wildman–Crippen LogP) is 4.52. The van der Waals surface area contributed by atoms with Crippen LogP contribution in [0.1, 0.15) is 92.9 Å². The van der Waals surface area contributed by atoms with Crippen LogP contribution in [0.5, 0.6) is 0 Å². The van der Waals surface area contributed by atoms with Crippen molar-refractivity contribution in [3.8, 4) is 0 Å². The summed E-state index contributed by atoms with van der Waals surface area (Å²) in [5, 5.41) is 5.96. The fourth-order valence-corrected chi connectivity index (χ4v) is 6.81. The minimum atomic E-state index is -0.632. The van der Waals surface area contributed by atoms with Gasteiger partial charge < -0.3 is 39.2 Å². The first-order valence-electron chi connectivity index (χ1n) is 18.1. The van der Waals surface area contributed by atoms with E-state index in [9.17, 15) is 19.2 Å². The van der Waals surface area contributed by atoms with Gasteiger partial charge in [-0.1, -0.05) is 37.6 Å². The monoisotopic (exact) mass is 687 g/mol. The summed E-state index contributed by atoms with van der Waals surface area (Å²) in [6.07, 6.45) is 12.6. The Morgan fingerprint density at radius 2 is 1.80 bits per heavy atom. The number of epoxide rings is 1. The average molecular weight is 688 g/mol. The van der Waals surface area contributed by atoms with Crippen LogP contribution in [0.15, 0.2) is 36.0 Å². The van der Waals surface area contributed by atoms with Crippen LogP contribution in [-0.2, 0) is 38.1 Å². The molecule has 9 atom stereocenters. The molecule has 49 heavy (non-hydrogen) atoms. The zero-order chi connectivity index (χ0) is 35.6. The lowest BCUT2D eigenvalue weighted by atomic mass is 9.87. The molecule has 3 amide bonds. The van der Waals surface area contributed by atoms with Crippen molar-refractivity contribution >= 4 is 23.9 Å². The van der Waals surface area contributed by atoms with Crippen molar-refractivity contribution in [1.82, 2.24) is 15.5 Å². The van der Waals surface area contributed by atoms with Crippen molar-refractivity contribution in [2.75, 3.05) is 26.2 Å². The van der Waals surface area contributed by atoms with Crippen molar-refractivity contribution in [2.45, 2.75) is 141 Å². The van der Waals surface area contributed by atoms with Gasteiger partial charge in [0.15, 0.2) is 6.10 Å². The van der Waals surface area contributed by atoms with E-state index in [0.29, 0.717) is 39.1 Å². The number of amides is 3. The molecule has 0 saturated carbocycles. The highest BCUT2D eigenvalue weighted by atomic mass is 16.7. The lowest BCUT2D eigenvalue weighted by Gasteiger charge is -2.39. The molecule has 1 unspecified atom stereocenters. The minimum Gasteiger partial charge on any atom is -0.456 e. The number of nitrogens with zero attached hydrogens (tertiary/aromatic N) is 1. The average Bonchev–Trinajstić information content (AvgIpc) is 3.83. The fourth-order valence-electron chi connectivity index (χ4n) is 6.81. The highest BCUT2D eigenvalue weighted by Gasteiger charge is 2.60. The summed E-state index contributed by atoms with van der Waals surface area (Å²) in [7, 11) is 0. The van der Waals surface area contributed by atoms with Crippen LogP contribution in [0, 0.1) is 5.92 Å². The smallest absolute Gasteiger partial charge is 0.410 e. The van der Waals surface area contributed by atoms with E-state index in [1.165, 1.54) is 13.0 Å². The maximum absolute atomic E-state index is 12.7. The number of carbonyl (C=O) groups is 4. The Balaban J connectivity index is 1.27. The first kappa shape index (κ1) is 38.6. The topological polar surface area (TPSA) is 145 Å². The standard InChI is InChI=1S/C37H57N3O9/c1-7-17-38-34(43)21-29-22-37(23-45-37)35(48-28(6)41)32(49-29)15-12-24(2)11-14-31-25(3)20-30(27(5)47-31)39-33(42)16-13-26(4)46-36(44)40-18-9-8-10-19-40/h11-13,15-16,25-27,29-32,35H,7-10,14,17-23H2,1-6H3,(H,38,43)(H,39,42)/t25-,26?,27+,29+,30+,31-,32+,35+,37+/m0/s1. The molecule has 0 aromatic rings. The maximum atomic E-state index is 12.7. The molecule has 4 rings (SSSR count). The molecular formula is C37H57N3O9. The van der Waals surface area contributed by atoms with Gasteiger partial charge in [0.25, 0.3) is 0 Å². The third kappa shape index (κ3) is 11.7. The Hall–Kier alpha value is -3.22. The number of rotatable bonds is 13. The van der Waals surface area contributed by atoms with E-state index < -0.39 is 29.9 Å². The second kappa shape index (κ2) is 18.1. The quantitative estimate of drug-likeness (QED) is 0.124. The Morgan fingerprint density at radius 3 is 2.47 bits per heavy atom. The molecule has 0 aromatic heterocycles. The first-order valence-corrected chi connectivity index (χ1v) is 18.1. The number of nitrogens with one attached hydrogen (secondary N) is 2. The van der Waals surface area contributed by atoms with Crippen LogP contribution >= 0.6 is 0 Å². The van der Waals surface area contributed by atoms with Gasteiger partial charge in [0, 0.05) is 39.1 Å². The van der Waals surface area contributed by atoms with E-state index in [2.05, 4.69) is 23.6 Å².